The van der Waals surface area contributed by atoms with E-state index in [-0.39, 0.29) is 35.6 Å². The lowest BCUT2D eigenvalue weighted by atomic mass is 9.94. The molecule has 0 amide bonds. The molecule has 1 aromatic carbocycles. The molecule has 3 heterocycles. The first-order chi connectivity index (χ1) is 15.1. The number of ether oxygens (including phenoxy) is 1. The number of carbonyl (C=O) groups excluding carboxylic acids is 1. The number of aromatic nitrogens is 1. The minimum atomic E-state index is -4.07. The number of nitrogens with one attached hydrogen (secondary N) is 1. The molecule has 0 bridgehead atoms. The topological polar surface area (TPSA) is 127 Å². The van der Waals surface area contributed by atoms with Crippen LogP contribution in [0.15, 0.2) is 40.0 Å². The molecule has 3 N–H and O–H groups in total. The number of fused-ring (bicyclic) bond motifs is 1. The molecule has 4 rings (SSSR count). The number of hydrogen-bond acceptors (Lipinski definition) is 8. The van der Waals surface area contributed by atoms with Gasteiger partial charge in [-0.25, -0.2) is 28.1 Å². The van der Waals surface area contributed by atoms with Crippen molar-refractivity contribution < 1.29 is 31.1 Å². The van der Waals surface area contributed by atoms with Crippen LogP contribution >= 0.6 is 11.3 Å². The first-order valence-electron chi connectivity index (χ1n) is 9.10. The van der Waals surface area contributed by atoms with Gasteiger partial charge < -0.3 is 9.64 Å². The molecule has 0 spiro atoms. The number of halogens is 3. The third kappa shape index (κ3) is 4.01. The Kier molecular flexibility index (Phi) is 5.79. The second-order valence-corrected chi connectivity index (χ2v) is 9.20. The van der Waals surface area contributed by atoms with Crippen LogP contribution in [0.4, 0.5) is 13.2 Å². The van der Waals surface area contributed by atoms with Gasteiger partial charge in [0.05, 0.1) is 12.7 Å². The van der Waals surface area contributed by atoms with Crippen LogP contribution in [0.25, 0.3) is 0 Å². The zero-order valence-electron chi connectivity index (χ0n) is 16.4. The number of rotatable bonds is 5. The van der Waals surface area contributed by atoms with E-state index in [0.717, 1.165) is 19.2 Å². The maximum atomic E-state index is 14.7. The van der Waals surface area contributed by atoms with Crippen LogP contribution in [0, 0.1) is 17.5 Å². The summed E-state index contributed by atoms with van der Waals surface area (Å²) in [5.41, 5.74) is -0.225. The van der Waals surface area contributed by atoms with Gasteiger partial charge in [0.25, 0.3) is 10.2 Å². The average molecular weight is 487 g/mol. The molecule has 1 fully saturated rings. The number of thiazole rings is 1. The second-order valence-electron chi connectivity index (χ2n) is 6.98. The fraction of sp³-hybridized carbons (Fsp3) is 0.278. The minimum Gasteiger partial charge on any atom is -0.466 e. The van der Waals surface area contributed by atoms with Gasteiger partial charge in [0.15, 0.2) is 28.3 Å². The van der Waals surface area contributed by atoms with Crippen LogP contribution in [-0.2, 0) is 19.7 Å². The fourth-order valence-corrected chi connectivity index (χ4v) is 5.02. The van der Waals surface area contributed by atoms with E-state index in [1.165, 1.54) is 17.5 Å². The van der Waals surface area contributed by atoms with E-state index in [0.29, 0.717) is 5.01 Å². The molecule has 170 valence electrons. The summed E-state index contributed by atoms with van der Waals surface area (Å²) in [6.07, 6.45) is 1.50. The van der Waals surface area contributed by atoms with Crippen molar-refractivity contribution in [1.29, 1.82) is 0 Å². The van der Waals surface area contributed by atoms with Gasteiger partial charge in [-0.1, -0.05) is 6.07 Å². The van der Waals surface area contributed by atoms with E-state index in [9.17, 15) is 26.4 Å². The van der Waals surface area contributed by atoms with Crippen LogP contribution in [0.3, 0.4) is 0 Å². The lowest BCUT2D eigenvalue weighted by molar-refractivity contribution is -0.136. The number of amidine groups is 1. The van der Waals surface area contributed by atoms with E-state index in [1.807, 2.05) is 0 Å². The van der Waals surface area contributed by atoms with Crippen LogP contribution < -0.4 is 9.86 Å². The number of carbonyl (C=O) groups is 1. The molecule has 9 nitrogen and oxygen atoms in total. The predicted molar refractivity (Wildman–Crippen MR) is 108 cm³/mol. The Morgan fingerprint density at radius 3 is 2.69 bits per heavy atom. The zero-order valence-corrected chi connectivity index (χ0v) is 18.0. The lowest BCUT2D eigenvalue weighted by Crippen LogP contribution is -2.42. The van der Waals surface area contributed by atoms with Crippen molar-refractivity contribution in [3.05, 3.63) is 63.0 Å². The molecule has 2 aliphatic heterocycles. The fourth-order valence-electron chi connectivity index (χ4n) is 3.75. The molecule has 1 unspecified atom stereocenters. The van der Waals surface area contributed by atoms with Gasteiger partial charge in [-0.15, -0.1) is 11.3 Å². The Morgan fingerprint density at radius 1 is 1.31 bits per heavy atom. The van der Waals surface area contributed by atoms with Crippen LogP contribution in [0.2, 0.25) is 0 Å². The number of nitrogens with two attached hydrogens (primary N) is 1. The van der Waals surface area contributed by atoms with Crippen molar-refractivity contribution in [2.45, 2.75) is 18.5 Å². The van der Waals surface area contributed by atoms with E-state index in [1.54, 1.807) is 10.3 Å². The molecule has 0 aliphatic carbocycles. The highest BCUT2D eigenvalue weighted by Gasteiger charge is 2.43. The van der Waals surface area contributed by atoms with Crippen molar-refractivity contribution in [1.82, 2.24) is 14.6 Å². The summed E-state index contributed by atoms with van der Waals surface area (Å²) >= 11 is 1.20. The molecular weight excluding hydrogens is 471 g/mol. The van der Waals surface area contributed by atoms with E-state index in [4.69, 9.17) is 9.88 Å². The van der Waals surface area contributed by atoms with Crippen molar-refractivity contribution >= 4 is 33.4 Å². The first kappa shape index (κ1) is 22.4. The second kappa shape index (κ2) is 8.27. The first-order valence-corrected chi connectivity index (χ1v) is 11.5. The van der Waals surface area contributed by atoms with E-state index >= 15 is 0 Å². The summed E-state index contributed by atoms with van der Waals surface area (Å²) in [6, 6.07) is -0.386. The van der Waals surface area contributed by atoms with E-state index < -0.39 is 45.7 Å². The third-order valence-corrected chi connectivity index (χ3v) is 6.41. The quantitative estimate of drug-likeness (QED) is 0.484. The van der Waals surface area contributed by atoms with Crippen molar-refractivity contribution in [2.24, 2.45) is 10.1 Å². The summed E-state index contributed by atoms with van der Waals surface area (Å²) < 4.78 is 72.4. The Bertz CT molecular complexity index is 1250. The minimum absolute atomic E-state index is 0.00689. The number of methoxy groups -OCH3 is 1. The lowest BCUT2D eigenvalue weighted by Gasteiger charge is -2.31. The van der Waals surface area contributed by atoms with Gasteiger partial charge in [0, 0.05) is 41.8 Å². The monoisotopic (exact) mass is 487 g/mol. The standard InChI is InChI=1S/C18H16F3N5O4S2/c1-30-18(27)12-11-6-8(25-32(22,28)29)7-26(11)16(17-23-4-5-31-17)24-15(12)9-2-3-10(19)14(21)13(9)20/h2-5,8,15,25H,6-7H2,1H3,(H2,22,28,29)/t8-,15?/m0/s1. The number of esters is 1. The molecule has 2 aliphatic rings. The van der Waals surface area contributed by atoms with Gasteiger partial charge in [-0.3, -0.25) is 4.99 Å². The van der Waals surface area contributed by atoms with Crippen LogP contribution in [0.1, 0.15) is 23.0 Å². The molecule has 1 saturated heterocycles. The zero-order chi connectivity index (χ0) is 23.2. The smallest absolute Gasteiger partial charge is 0.338 e. The van der Waals surface area contributed by atoms with E-state index in [2.05, 4.69) is 14.7 Å². The molecule has 14 heteroatoms. The SMILES string of the molecule is COC(=O)C1=C2C[C@H](NS(N)(=O)=O)CN2C(c2nccs2)=NC1c1ccc(F)c(F)c1F. The highest BCUT2D eigenvalue weighted by molar-refractivity contribution is 7.87. The van der Waals surface area contributed by atoms with Gasteiger partial charge >= 0.3 is 5.97 Å². The summed E-state index contributed by atoms with van der Waals surface area (Å²) in [6.45, 7) is 0.0532. The summed E-state index contributed by atoms with van der Waals surface area (Å²) in [4.78, 5) is 22.9. The Labute approximate surface area is 184 Å². The molecular formula is C18H16F3N5O4S2. The van der Waals surface area contributed by atoms with Crippen molar-refractivity contribution in [3.63, 3.8) is 0 Å². The highest BCUT2D eigenvalue weighted by atomic mass is 32.2. The maximum Gasteiger partial charge on any atom is 0.338 e. The van der Waals surface area contributed by atoms with Gasteiger partial charge in [-0.2, -0.15) is 13.1 Å². The molecule has 0 radical (unpaired) electrons. The molecule has 1 aromatic heterocycles. The van der Waals surface area contributed by atoms with Gasteiger partial charge in [0.2, 0.25) is 0 Å². The Hall–Kier alpha value is -2.81. The number of hydrogen-bond donors (Lipinski definition) is 2. The molecule has 2 aromatic rings. The van der Waals surface area contributed by atoms with Gasteiger partial charge in [0.1, 0.15) is 6.04 Å². The van der Waals surface area contributed by atoms with Crippen molar-refractivity contribution in [2.75, 3.05) is 13.7 Å². The van der Waals surface area contributed by atoms with Crippen molar-refractivity contribution in [3.8, 4) is 0 Å². The average Bonchev–Trinajstić information content (AvgIpc) is 3.39. The van der Waals surface area contributed by atoms with Gasteiger partial charge in [-0.05, 0) is 6.07 Å². The molecule has 2 atom stereocenters. The number of benzene rings is 1. The van der Waals surface area contributed by atoms with Crippen LogP contribution in [0.5, 0.6) is 0 Å². The third-order valence-electron chi connectivity index (χ3n) is 4.98. The summed E-state index contributed by atoms with van der Waals surface area (Å²) in [5.74, 6) is -5.25. The summed E-state index contributed by atoms with van der Waals surface area (Å²) in [5, 5.41) is 7.16. The molecule has 0 saturated carbocycles. The summed E-state index contributed by atoms with van der Waals surface area (Å²) in [7, 11) is -2.96. The molecule has 32 heavy (non-hydrogen) atoms. The highest BCUT2D eigenvalue weighted by Crippen LogP contribution is 2.41. The number of nitrogens with zero attached hydrogens (tertiary/aromatic N) is 3. The predicted octanol–water partition coefficient (Wildman–Crippen LogP) is 1.36. The Morgan fingerprint density at radius 2 is 2.06 bits per heavy atom. The Balaban J connectivity index is 1.92. The normalized spacial score (nSPS) is 20.9. The number of aliphatic imine (C=N–C) groups is 1. The largest absolute Gasteiger partial charge is 0.466 e. The van der Waals surface area contributed by atoms with Crippen LogP contribution in [-0.4, -0.2) is 49.8 Å². The maximum absolute atomic E-state index is 14.7.